The second-order valence-corrected chi connectivity index (χ2v) is 6.11. The molecule has 0 aliphatic carbocycles. The van der Waals surface area contributed by atoms with E-state index in [0.29, 0.717) is 22.2 Å². The zero-order valence-electron chi connectivity index (χ0n) is 12.5. The number of rotatable bonds is 3. The largest absolute Gasteiger partial charge is 0.332 e. The van der Waals surface area contributed by atoms with E-state index in [1.54, 1.807) is 6.07 Å². The number of likely N-dealkylation sites (N-methyl/N-ethyl adjacent to an activating group) is 1. The zero-order chi connectivity index (χ0) is 15.7. The molecule has 0 bridgehead atoms. The number of hydrogen-bond donors (Lipinski definition) is 1. The van der Waals surface area contributed by atoms with E-state index < -0.39 is 5.82 Å². The molecule has 2 heterocycles. The minimum Gasteiger partial charge on any atom is -0.332 e. The van der Waals surface area contributed by atoms with E-state index in [1.807, 2.05) is 0 Å². The van der Waals surface area contributed by atoms with E-state index in [9.17, 15) is 9.18 Å². The summed E-state index contributed by atoms with van der Waals surface area (Å²) in [6.07, 6.45) is 0. The molecule has 5 nitrogen and oxygen atoms in total. The highest BCUT2D eigenvalue weighted by Crippen LogP contribution is 2.09. The first-order chi connectivity index (χ1) is 10.5. The summed E-state index contributed by atoms with van der Waals surface area (Å²) in [5.74, 6) is -0.416. The molecule has 1 aliphatic heterocycles. The van der Waals surface area contributed by atoms with E-state index in [2.05, 4.69) is 21.8 Å². The van der Waals surface area contributed by atoms with E-state index >= 15 is 0 Å². The summed E-state index contributed by atoms with van der Waals surface area (Å²) in [7, 11) is 2.11. The molecular weight excluding hydrogens is 303 g/mol. The van der Waals surface area contributed by atoms with Crippen LogP contribution in [0.1, 0.15) is 0 Å². The molecule has 0 spiro atoms. The van der Waals surface area contributed by atoms with Gasteiger partial charge in [0.15, 0.2) is 4.77 Å². The van der Waals surface area contributed by atoms with E-state index in [1.165, 1.54) is 16.7 Å². The Labute approximate surface area is 133 Å². The Kier molecular flexibility index (Phi) is 4.37. The van der Waals surface area contributed by atoms with Crippen molar-refractivity contribution < 1.29 is 4.39 Å². The molecule has 1 aromatic carbocycles. The van der Waals surface area contributed by atoms with Crippen LogP contribution in [0.5, 0.6) is 0 Å². The normalized spacial score (nSPS) is 17.2. The molecule has 1 fully saturated rings. The molecule has 1 aromatic heterocycles. The number of nitrogens with zero attached hydrogens (tertiary/aromatic N) is 3. The molecular formula is C15H19FN4OS. The van der Waals surface area contributed by atoms with Gasteiger partial charge in [0.2, 0.25) is 0 Å². The van der Waals surface area contributed by atoms with Crippen LogP contribution in [-0.4, -0.2) is 59.1 Å². The minimum atomic E-state index is -0.416. The van der Waals surface area contributed by atoms with Gasteiger partial charge in [0.25, 0.3) is 5.56 Å². The number of H-pyrrole nitrogens is 1. The van der Waals surface area contributed by atoms with Crippen molar-refractivity contribution in [2.24, 2.45) is 0 Å². The highest BCUT2D eigenvalue weighted by atomic mass is 32.1. The van der Waals surface area contributed by atoms with Gasteiger partial charge in [-0.25, -0.2) is 4.39 Å². The summed E-state index contributed by atoms with van der Waals surface area (Å²) in [6, 6.07) is 4.13. The summed E-state index contributed by atoms with van der Waals surface area (Å²) in [5, 5.41) is 0.340. The van der Waals surface area contributed by atoms with Crippen molar-refractivity contribution in [3.8, 4) is 0 Å². The fourth-order valence-electron chi connectivity index (χ4n) is 2.74. The van der Waals surface area contributed by atoms with E-state index in [0.717, 1.165) is 32.7 Å². The number of fused-ring (bicyclic) bond motifs is 1. The summed E-state index contributed by atoms with van der Waals surface area (Å²) >= 11 is 5.27. The SMILES string of the molecule is CN1CCN(CCn2c(=S)[nH]c3ccc(F)cc3c2=O)CC1. The zero-order valence-corrected chi connectivity index (χ0v) is 13.3. The van der Waals surface area contributed by atoms with E-state index in [4.69, 9.17) is 12.2 Å². The molecule has 2 aromatic rings. The van der Waals surface area contributed by atoms with Gasteiger partial charge >= 0.3 is 0 Å². The molecule has 1 saturated heterocycles. The number of benzene rings is 1. The lowest BCUT2D eigenvalue weighted by Crippen LogP contribution is -2.45. The van der Waals surface area contributed by atoms with Gasteiger partial charge in [-0.2, -0.15) is 0 Å². The molecule has 0 saturated carbocycles. The average Bonchev–Trinajstić information content (AvgIpc) is 2.50. The first-order valence-electron chi connectivity index (χ1n) is 7.38. The van der Waals surface area contributed by atoms with Gasteiger partial charge in [-0.05, 0) is 37.5 Å². The summed E-state index contributed by atoms with van der Waals surface area (Å²) in [4.78, 5) is 20.1. The molecule has 3 rings (SSSR count). The van der Waals surface area contributed by atoms with E-state index in [-0.39, 0.29) is 5.56 Å². The lowest BCUT2D eigenvalue weighted by Gasteiger charge is -2.32. The number of aromatic nitrogens is 2. The van der Waals surface area contributed by atoms with Gasteiger partial charge in [0.05, 0.1) is 10.9 Å². The Morgan fingerprint density at radius 3 is 2.68 bits per heavy atom. The number of aromatic amines is 1. The van der Waals surface area contributed by atoms with Gasteiger partial charge in [0.1, 0.15) is 5.82 Å². The third-order valence-corrected chi connectivity index (χ3v) is 4.50. The van der Waals surface area contributed by atoms with Crippen molar-refractivity contribution >= 4 is 23.1 Å². The van der Waals surface area contributed by atoms with Crippen molar-refractivity contribution in [1.82, 2.24) is 19.4 Å². The minimum absolute atomic E-state index is 0.229. The molecule has 118 valence electrons. The fraction of sp³-hybridized carbons (Fsp3) is 0.467. The van der Waals surface area contributed by atoms with Crippen LogP contribution in [0.3, 0.4) is 0 Å². The quantitative estimate of drug-likeness (QED) is 0.869. The summed E-state index contributed by atoms with van der Waals surface area (Å²) in [6.45, 7) is 5.33. The number of hydrogen-bond acceptors (Lipinski definition) is 4. The van der Waals surface area contributed by atoms with Gasteiger partial charge in [-0.1, -0.05) is 0 Å². The van der Waals surface area contributed by atoms with Crippen LogP contribution in [0.2, 0.25) is 0 Å². The average molecular weight is 322 g/mol. The predicted molar refractivity (Wildman–Crippen MR) is 87.3 cm³/mol. The van der Waals surface area contributed by atoms with Gasteiger partial charge in [-0.3, -0.25) is 14.3 Å². The molecule has 1 N–H and O–H groups in total. The first-order valence-corrected chi connectivity index (χ1v) is 7.79. The first kappa shape index (κ1) is 15.3. The standard InChI is InChI=1S/C15H19FN4OS/c1-18-4-6-19(7-5-18)8-9-20-14(21)12-10-11(16)2-3-13(12)17-15(20)22/h2-3,10H,4-9H2,1H3,(H,17,22). The third-order valence-electron chi connectivity index (χ3n) is 4.18. The molecule has 0 unspecified atom stereocenters. The number of piperazine rings is 1. The Morgan fingerprint density at radius 2 is 1.95 bits per heavy atom. The van der Waals surface area contributed by atoms with Crippen LogP contribution in [-0.2, 0) is 6.54 Å². The van der Waals surface area contributed by atoms with Crippen molar-refractivity contribution in [2.45, 2.75) is 6.54 Å². The highest BCUT2D eigenvalue weighted by molar-refractivity contribution is 7.71. The van der Waals surface area contributed by atoms with Crippen LogP contribution in [0, 0.1) is 10.6 Å². The van der Waals surface area contributed by atoms with Crippen molar-refractivity contribution in [2.75, 3.05) is 39.8 Å². The number of halogens is 1. The third kappa shape index (κ3) is 3.11. The molecule has 0 atom stereocenters. The fourth-order valence-corrected chi connectivity index (χ4v) is 3.02. The number of nitrogens with one attached hydrogen (secondary N) is 1. The molecule has 1 aliphatic rings. The van der Waals surface area contributed by atoms with Crippen molar-refractivity contribution in [3.05, 3.63) is 39.1 Å². The predicted octanol–water partition coefficient (Wildman–Crippen LogP) is 1.45. The Balaban J connectivity index is 1.84. The van der Waals surface area contributed by atoms with Crippen LogP contribution in [0.25, 0.3) is 10.9 Å². The Morgan fingerprint density at radius 1 is 1.23 bits per heavy atom. The van der Waals surface area contributed by atoms with Gasteiger partial charge in [0, 0.05) is 39.3 Å². The topological polar surface area (TPSA) is 44.3 Å². The summed E-state index contributed by atoms with van der Waals surface area (Å²) < 4.78 is 15.3. The monoisotopic (exact) mass is 322 g/mol. The lowest BCUT2D eigenvalue weighted by molar-refractivity contribution is 0.149. The summed E-state index contributed by atoms with van der Waals surface area (Å²) in [5.41, 5.74) is 0.347. The molecule has 0 radical (unpaired) electrons. The maximum absolute atomic E-state index is 13.4. The second kappa shape index (κ2) is 6.28. The van der Waals surface area contributed by atoms with Crippen molar-refractivity contribution in [1.29, 1.82) is 0 Å². The molecule has 7 heteroatoms. The highest BCUT2D eigenvalue weighted by Gasteiger charge is 2.14. The maximum atomic E-state index is 13.4. The molecule has 22 heavy (non-hydrogen) atoms. The maximum Gasteiger partial charge on any atom is 0.262 e. The molecule has 0 amide bonds. The van der Waals surface area contributed by atoms with Gasteiger partial charge in [-0.15, -0.1) is 0 Å². The van der Waals surface area contributed by atoms with Crippen LogP contribution in [0.15, 0.2) is 23.0 Å². The van der Waals surface area contributed by atoms with Gasteiger partial charge < -0.3 is 9.88 Å². The Bertz CT molecular complexity index is 792. The smallest absolute Gasteiger partial charge is 0.262 e. The lowest BCUT2D eigenvalue weighted by atomic mass is 10.2. The Hall–Kier alpha value is -1.57. The van der Waals surface area contributed by atoms with Crippen LogP contribution < -0.4 is 5.56 Å². The second-order valence-electron chi connectivity index (χ2n) is 5.72. The van der Waals surface area contributed by atoms with Crippen LogP contribution in [0.4, 0.5) is 4.39 Å². The van der Waals surface area contributed by atoms with Crippen LogP contribution >= 0.6 is 12.2 Å². The van der Waals surface area contributed by atoms with Crippen molar-refractivity contribution in [3.63, 3.8) is 0 Å².